The molecule has 0 saturated carbocycles. The van der Waals surface area contributed by atoms with Gasteiger partial charge in [0.2, 0.25) is 0 Å². The van der Waals surface area contributed by atoms with Crippen molar-refractivity contribution in [1.29, 1.82) is 0 Å². The Hall–Kier alpha value is -1.73. The van der Waals surface area contributed by atoms with Crippen LogP contribution in [0.15, 0.2) is 12.4 Å². The third-order valence-corrected chi connectivity index (χ3v) is 2.84. The quantitative estimate of drug-likeness (QED) is 0.781. The first-order valence-corrected chi connectivity index (χ1v) is 6.32. The highest BCUT2D eigenvalue weighted by Crippen LogP contribution is 2.10. The van der Waals surface area contributed by atoms with Crippen LogP contribution in [0.1, 0.15) is 17.4 Å². The Kier molecular flexibility index (Phi) is 4.64. The molecule has 2 N–H and O–H groups in total. The van der Waals surface area contributed by atoms with Crippen LogP contribution in [0, 0.1) is 0 Å². The SMILES string of the molecule is CCNc1cncc(C(=O)N2CCOC(CO)C2)n1. The van der Waals surface area contributed by atoms with Gasteiger partial charge in [0.05, 0.1) is 31.7 Å². The zero-order valence-electron chi connectivity index (χ0n) is 10.9. The minimum atomic E-state index is -0.317. The van der Waals surface area contributed by atoms with Crippen molar-refractivity contribution in [2.45, 2.75) is 13.0 Å². The van der Waals surface area contributed by atoms with E-state index < -0.39 is 0 Å². The number of anilines is 1. The van der Waals surface area contributed by atoms with Crippen LogP contribution in [0.5, 0.6) is 0 Å². The summed E-state index contributed by atoms with van der Waals surface area (Å²) >= 11 is 0. The summed E-state index contributed by atoms with van der Waals surface area (Å²) in [6.45, 7) is 3.88. The molecule has 104 valence electrons. The van der Waals surface area contributed by atoms with Gasteiger partial charge in [-0.05, 0) is 6.92 Å². The van der Waals surface area contributed by atoms with Gasteiger partial charge in [-0.25, -0.2) is 4.98 Å². The lowest BCUT2D eigenvalue weighted by Gasteiger charge is -2.31. The molecule has 1 aliphatic rings. The average Bonchev–Trinajstić information content (AvgIpc) is 2.47. The van der Waals surface area contributed by atoms with Gasteiger partial charge >= 0.3 is 0 Å². The highest BCUT2D eigenvalue weighted by atomic mass is 16.5. The fraction of sp³-hybridized carbons (Fsp3) is 0.583. The van der Waals surface area contributed by atoms with Gasteiger partial charge in [0.15, 0.2) is 0 Å². The first-order valence-electron chi connectivity index (χ1n) is 6.32. The first kappa shape index (κ1) is 13.7. The summed E-state index contributed by atoms with van der Waals surface area (Å²) < 4.78 is 5.31. The van der Waals surface area contributed by atoms with E-state index >= 15 is 0 Å². The molecule has 1 amide bonds. The second kappa shape index (κ2) is 6.44. The molecule has 0 radical (unpaired) electrons. The molecular formula is C12H18N4O3. The number of amides is 1. The number of ether oxygens (including phenoxy) is 1. The molecule has 2 rings (SSSR count). The van der Waals surface area contributed by atoms with Crippen LogP contribution >= 0.6 is 0 Å². The largest absolute Gasteiger partial charge is 0.394 e. The zero-order chi connectivity index (χ0) is 13.7. The van der Waals surface area contributed by atoms with Gasteiger partial charge in [-0.3, -0.25) is 9.78 Å². The summed E-state index contributed by atoms with van der Waals surface area (Å²) in [6.07, 6.45) is 2.71. The van der Waals surface area contributed by atoms with Crippen LogP contribution in [-0.2, 0) is 4.74 Å². The van der Waals surface area contributed by atoms with E-state index in [1.165, 1.54) is 6.20 Å². The molecule has 7 heteroatoms. The van der Waals surface area contributed by atoms with E-state index in [4.69, 9.17) is 9.84 Å². The number of nitrogens with one attached hydrogen (secondary N) is 1. The molecule has 1 atom stereocenters. The number of carbonyl (C=O) groups excluding carboxylic acids is 1. The maximum Gasteiger partial charge on any atom is 0.274 e. The molecule has 0 spiro atoms. The van der Waals surface area contributed by atoms with Gasteiger partial charge in [-0.2, -0.15) is 0 Å². The van der Waals surface area contributed by atoms with E-state index in [9.17, 15) is 4.79 Å². The lowest BCUT2D eigenvalue weighted by atomic mass is 10.2. The number of aromatic nitrogens is 2. The first-order chi connectivity index (χ1) is 9.24. The number of hydrogen-bond donors (Lipinski definition) is 2. The predicted molar refractivity (Wildman–Crippen MR) is 68.9 cm³/mol. The fourth-order valence-electron chi connectivity index (χ4n) is 1.91. The summed E-state index contributed by atoms with van der Waals surface area (Å²) in [5.74, 6) is 0.398. The van der Waals surface area contributed by atoms with Crippen molar-refractivity contribution in [1.82, 2.24) is 14.9 Å². The Balaban J connectivity index is 2.08. The highest BCUT2D eigenvalue weighted by Gasteiger charge is 2.25. The third kappa shape index (κ3) is 3.39. The molecule has 1 saturated heterocycles. The molecule has 0 aliphatic carbocycles. The second-order valence-corrected chi connectivity index (χ2v) is 4.25. The summed E-state index contributed by atoms with van der Waals surface area (Å²) in [4.78, 5) is 22.1. The molecule has 19 heavy (non-hydrogen) atoms. The Morgan fingerprint density at radius 3 is 3.21 bits per heavy atom. The Morgan fingerprint density at radius 2 is 2.47 bits per heavy atom. The Morgan fingerprint density at radius 1 is 1.63 bits per heavy atom. The summed E-state index contributed by atoms with van der Waals surface area (Å²) in [6, 6.07) is 0. The van der Waals surface area contributed by atoms with Crippen LogP contribution in [0.3, 0.4) is 0 Å². The number of aliphatic hydroxyl groups is 1. The fourth-order valence-corrected chi connectivity index (χ4v) is 1.91. The number of morpholine rings is 1. The monoisotopic (exact) mass is 266 g/mol. The summed E-state index contributed by atoms with van der Waals surface area (Å²) in [5, 5.41) is 12.1. The molecule has 1 unspecified atom stereocenters. The zero-order valence-corrected chi connectivity index (χ0v) is 10.9. The lowest BCUT2D eigenvalue weighted by molar-refractivity contribution is -0.0448. The molecule has 0 bridgehead atoms. The number of carbonyl (C=O) groups is 1. The maximum atomic E-state index is 12.3. The van der Waals surface area contributed by atoms with Gasteiger partial charge in [0.1, 0.15) is 11.5 Å². The molecule has 1 fully saturated rings. The standard InChI is InChI=1S/C12H18N4O3/c1-2-14-11-6-13-5-10(15-11)12(18)16-3-4-19-9(7-16)8-17/h5-6,9,17H,2-4,7-8H2,1H3,(H,14,15). The van der Waals surface area contributed by atoms with Crippen LogP contribution in [0.2, 0.25) is 0 Å². The minimum absolute atomic E-state index is 0.0904. The van der Waals surface area contributed by atoms with E-state index in [0.717, 1.165) is 6.54 Å². The normalized spacial score (nSPS) is 19.3. The maximum absolute atomic E-state index is 12.3. The van der Waals surface area contributed by atoms with Crippen LogP contribution in [0.4, 0.5) is 5.82 Å². The number of aliphatic hydroxyl groups excluding tert-OH is 1. The van der Waals surface area contributed by atoms with Gasteiger partial charge in [-0.1, -0.05) is 0 Å². The number of rotatable bonds is 4. The van der Waals surface area contributed by atoms with Crippen LogP contribution in [0.25, 0.3) is 0 Å². The highest BCUT2D eigenvalue weighted by molar-refractivity contribution is 5.92. The third-order valence-electron chi connectivity index (χ3n) is 2.84. The Bertz CT molecular complexity index is 441. The van der Waals surface area contributed by atoms with Gasteiger partial charge < -0.3 is 20.1 Å². The minimum Gasteiger partial charge on any atom is -0.394 e. The molecule has 1 aliphatic heterocycles. The molecule has 0 aromatic carbocycles. The predicted octanol–water partition coefficient (Wildman–Crippen LogP) is -0.258. The van der Waals surface area contributed by atoms with Crippen LogP contribution < -0.4 is 5.32 Å². The molecule has 1 aromatic heterocycles. The second-order valence-electron chi connectivity index (χ2n) is 4.25. The van der Waals surface area contributed by atoms with E-state index in [1.807, 2.05) is 6.92 Å². The lowest BCUT2D eigenvalue weighted by Crippen LogP contribution is -2.47. The van der Waals surface area contributed by atoms with Crippen molar-refractivity contribution >= 4 is 11.7 Å². The van der Waals surface area contributed by atoms with Crippen molar-refractivity contribution in [3.05, 3.63) is 18.1 Å². The van der Waals surface area contributed by atoms with Crippen molar-refractivity contribution in [3.63, 3.8) is 0 Å². The van der Waals surface area contributed by atoms with Crippen molar-refractivity contribution in [2.75, 3.05) is 38.2 Å². The number of nitrogens with zero attached hydrogens (tertiary/aromatic N) is 3. The van der Waals surface area contributed by atoms with Gasteiger partial charge in [0.25, 0.3) is 5.91 Å². The van der Waals surface area contributed by atoms with Gasteiger partial charge in [0, 0.05) is 19.6 Å². The molecule has 2 heterocycles. The topological polar surface area (TPSA) is 87.6 Å². The molecular weight excluding hydrogens is 248 g/mol. The summed E-state index contributed by atoms with van der Waals surface area (Å²) in [5.41, 5.74) is 0.303. The van der Waals surface area contributed by atoms with Crippen molar-refractivity contribution in [2.24, 2.45) is 0 Å². The smallest absolute Gasteiger partial charge is 0.274 e. The van der Waals surface area contributed by atoms with Gasteiger partial charge in [-0.15, -0.1) is 0 Å². The van der Waals surface area contributed by atoms with Crippen molar-refractivity contribution in [3.8, 4) is 0 Å². The Labute approximate surface area is 111 Å². The molecule has 7 nitrogen and oxygen atoms in total. The van der Waals surface area contributed by atoms with Crippen LogP contribution in [-0.4, -0.2) is 64.8 Å². The van der Waals surface area contributed by atoms with Crippen molar-refractivity contribution < 1.29 is 14.6 Å². The average molecular weight is 266 g/mol. The van der Waals surface area contributed by atoms with E-state index in [0.29, 0.717) is 31.2 Å². The summed E-state index contributed by atoms with van der Waals surface area (Å²) in [7, 11) is 0. The molecule has 1 aromatic rings. The van der Waals surface area contributed by atoms with E-state index in [-0.39, 0.29) is 18.6 Å². The van der Waals surface area contributed by atoms with E-state index in [2.05, 4.69) is 15.3 Å². The van der Waals surface area contributed by atoms with E-state index in [1.54, 1.807) is 11.1 Å². The number of hydrogen-bond acceptors (Lipinski definition) is 6.